The van der Waals surface area contributed by atoms with Gasteiger partial charge in [0.2, 0.25) is 5.91 Å². The minimum atomic E-state index is -0.711. The number of anilines is 1. The summed E-state index contributed by atoms with van der Waals surface area (Å²) >= 11 is 0. The quantitative estimate of drug-likeness (QED) is 0.540. The first-order valence-electron chi connectivity index (χ1n) is 10.1. The minimum absolute atomic E-state index is 0.163. The van der Waals surface area contributed by atoms with E-state index in [1.165, 1.54) is 4.90 Å². The number of ether oxygens (including phenoxy) is 1. The Morgan fingerprint density at radius 1 is 1.17 bits per heavy atom. The lowest BCUT2D eigenvalue weighted by molar-refractivity contribution is -0.131. The Morgan fingerprint density at radius 3 is 2.45 bits per heavy atom. The van der Waals surface area contributed by atoms with Gasteiger partial charge >= 0.3 is 12.0 Å². The van der Waals surface area contributed by atoms with Gasteiger partial charge in [-0.2, -0.15) is 0 Å². The van der Waals surface area contributed by atoms with Crippen LogP contribution in [0.2, 0.25) is 0 Å². The van der Waals surface area contributed by atoms with Crippen LogP contribution in [0.15, 0.2) is 24.3 Å². The first-order chi connectivity index (χ1) is 13.8. The number of hydrogen-bond donors (Lipinski definition) is 2. The standard InChI is InChI=1S/C21H27N3O5/c1-14(2)29-18(26)15-7-9-16(10-8-15)22-17(25)6-5-13-24-19(27)21(23-20(24)28)11-3-4-12-21/h7-10,14H,3-6,11-13H2,1-2H3,(H,22,25)(H,23,28). The molecule has 1 aromatic carbocycles. The fraction of sp³-hybridized carbons (Fsp3) is 0.524. The first kappa shape index (κ1) is 20.8. The van der Waals surface area contributed by atoms with Gasteiger partial charge in [0.15, 0.2) is 0 Å². The molecular weight excluding hydrogens is 374 g/mol. The van der Waals surface area contributed by atoms with Crippen molar-refractivity contribution in [3.05, 3.63) is 29.8 Å². The van der Waals surface area contributed by atoms with Crippen LogP contribution in [0.1, 0.15) is 62.7 Å². The van der Waals surface area contributed by atoms with Gasteiger partial charge in [-0.1, -0.05) is 12.8 Å². The molecule has 0 bridgehead atoms. The van der Waals surface area contributed by atoms with Gasteiger partial charge in [-0.15, -0.1) is 0 Å². The number of imide groups is 1. The van der Waals surface area contributed by atoms with E-state index in [-0.39, 0.29) is 36.9 Å². The zero-order valence-electron chi connectivity index (χ0n) is 16.8. The maximum Gasteiger partial charge on any atom is 0.338 e. The highest BCUT2D eigenvalue weighted by molar-refractivity contribution is 6.07. The Labute approximate surface area is 170 Å². The van der Waals surface area contributed by atoms with Gasteiger partial charge in [-0.25, -0.2) is 9.59 Å². The second-order valence-corrected chi connectivity index (χ2v) is 7.86. The molecule has 29 heavy (non-hydrogen) atoms. The molecule has 2 aliphatic rings. The monoisotopic (exact) mass is 401 g/mol. The van der Waals surface area contributed by atoms with Crippen LogP contribution in [0.4, 0.5) is 10.5 Å². The molecule has 1 aliphatic carbocycles. The van der Waals surface area contributed by atoms with Crippen molar-refractivity contribution in [3.63, 3.8) is 0 Å². The van der Waals surface area contributed by atoms with Crippen molar-refractivity contribution < 1.29 is 23.9 Å². The maximum absolute atomic E-state index is 12.6. The van der Waals surface area contributed by atoms with Gasteiger partial charge in [0, 0.05) is 18.7 Å². The van der Waals surface area contributed by atoms with E-state index in [1.807, 2.05) is 0 Å². The molecule has 1 saturated carbocycles. The number of hydrogen-bond acceptors (Lipinski definition) is 5. The van der Waals surface area contributed by atoms with E-state index in [0.717, 1.165) is 12.8 Å². The Balaban J connectivity index is 1.45. The topological polar surface area (TPSA) is 105 Å². The molecule has 3 rings (SSSR count). The van der Waals surface area contributed by atoms with Crippen molar-refractivity contribution in [2.75, 3.05) is 11.9 Å². The van der Waals surface area contributed by atoms with Crippen LogP contribution < -0.4 is 10.6 Å². The van der Waals surface area contributed by atoms with Crippen LogP contribution in [-0.2, 0) is 14.3 Å². The zero-order chi connectivity index (χ0) is 21.0. The largest absolute Gasteiger partial charge is 0.459 e. The highest BCUT2D eigenvalue weighted by Crippen LogP contribution is 2.35. The number of urea groups is 1. The van der Waals surface area contributed by atoms with Gasteiger partial charge in [-0.05, 0) is 57.4 Å². The molecule has 1 spiro atoms. The summed E-state index contributed by atoms with van der Waals surface area (Å²) in [5.74, 6) is -0.791. The van der Waals surface area contributed by atoms with Crippen LogP contribution in [0, 0.1) is 0 Å². The summed E-state index contributed by atoms with van der Waals surface area (Å²) in [6, 6.07) is 6.09. The van der Waals surface area contributed by atoms with E-state index in [1.54, 1.807) is 38.1 Å². The Bertz CT molecular complexity index is 797. The summed E-state index contributed by atoms with van der Waals surface area (Å²) in [6.45, 7) is 3.78. The lowest BCUT2D eigenvalue weighted by atomic mass is 9.98. The number of rotatable bonds is 7. The van der Waals surface area contributed by atoms with Crippen LogP contribution in [0.25, 0.3) is 0 Å². The molecule has 8 nitrogen and oxygen atoms in total. The lowest BCUT2D eigenvalue weighted by Crippen LogP contribution is -2.44. The molecular formula is C21H27N3O5. The highest BCUT2D eigenvalue weighted by atomic mass is 16.5. The summed E-state index contributed by atoms with van der Waals surface area (Å²) in [5, 5.41) is 5.58. The fourth-order valence-corrected chi connectivity index (χ4v) is 3.79. The number of carbonyl (C=O) groups is 4. The van der Waals surface area contributed by atoms with E-state index in [9.17, 15) is 19.2 Å². The van der Waals surface area contributed by atoms with Gasteiger partial charge in [0.25, 0.3) is 5.91 Å². The second kappa shape index (κ2) is 8.63. The van der Waals surface area contributed by atoms with Crippen LogP contribution in [-0.4, -0.2) is 46.9 Å². The summed E-state index contributed by atoms with van der Waals surface area (Å²) in [5.41, 5.74) is 0.268. The third-order valence-electron chi connectivity index (χ3n) is 5.24. The number of benzene rings is 1. The van der Waals surface area contributed by atoms with Crippen molar-refractivity contribution in [1.29, 1.82) is 0 Å². The van der Waals surface area contributed by atoms with E-state index in [2.05, 4.69) is 10.6 Å². The van der Waals surface area contributed by atoms with Crippen molar-refractivity contribution >= 4 is 29.5 Å². The van der Waals surface area contributed by atoms with Gasteiger partial charge in [0.1, 0.15) is 5.54 Å². The predicted molar refractivity (Wildman–Crippen MR) is 106 cm³/mol. The van der Waals surface area contributed by atoms with Crippen molar-refractivity contribution in [2.24, 2.45) is 0 Å². The molecule has 1 heterocycles. The normalized spacial score (nSPS) is 17.7. The summed E-state index contributed by atoms with van der Waals surface area (Å²) < 4.78 is 5.12. The molecule has 8 heteroatoms. The van der Waals surface area contributed by atoms with Crippen molar-refractivity contribution in [1.82, 2.24) is 10.2 Å². The molecule has 0 atom stereocenters. The molecule has 4 amide bonds. The van der Waals surface area contributed by atoms with Crippen LogP contribution >= 0.6 is 0 Å². The third kappa shape index (κ3) is 4.75. The van der Waals surface area contributed by atoms with Crippen molar-refractivity contribution in [2.45, 2.75) is 64.0 Å². The molecule has 0 aromatic heterocycles. The highest BCUT2D eigenvalue weighted by Gasteiger charge is 2.51. The van der Waals surface area contributed by atoms with Crippen molar-refractivity contribution in [3.8, 4) is 0 Å². The van der Waals surface area contributed by atoms with Gasteiger partial charge in [-0.3, -0.25) is 14.5 Å². The molecule has 156 valence electrons. The van der Waals surface area contributed by atoms with E-state index in [4.69, 9.17) is 4.74 Å². The third-order valence-corrected chi connectivity index (χ3v) is 5.24. The minimum Gasteiger partial charge on any atom is -0.459 e. The lowest BCUT2D eigenvalue weighted by Gasteiger charge is -2.19. The molecule has 2 fully saturated rings. The number of nitrogens with one attached hydrogen (secondary N) is 2. The molecule has 1 saturated heterocycles. The van der Waals surface area contributed by atoms with E-state index < -0.39 is 11.5 Å². The second-order valence-electron chi connectivity index (χ2n) is 7.86. The maximum atomic E-state index is 12.6. The van der Waals surface area contributed by atoms with Crippen LogP contribution in [0.5, 0.6) is 0 Å². The number of carbonyl (C=O) groups excluding carboxylic acids is 4. The van der Waals surface area contributed by atoms with Gasteiger partial charge in [0.05, 0.1) is 11.7 Å². The molecule has 1 aromatic rings. The zero-order valence-corrected chi connectivity index (χ0v) is 16.8. The molecule has 2 N–H and O–H groups in total. The summed E-state index contributed by atoms with van der Waals surface area (Å²) in [7, 11) is 0. The number of amides is 4. The predicted octanol–water partition coefficient (Wildman–Crippen LogP) is 2.84. The first-order valence-corrected chi connectivity index (χ1v) is 10.1. The average molecular weight is 401 g/mol. The van der Waals surface area contributed by atoms with E-state index in [0.29, 0.717) is 30.5 Å². The smallest absolute Gasteiger partial charge is 0.338 e. The Kier molecular flexibility index (Phi) is 6.20. The average Bonchev–Trinajstić information content (AvgIpc) is 3.22. The molecule has 0 radical (unpaired) electrons. The Morgan fingerprint density at radius 2 is 1.83 bits per heavy atom. The molecule has 1 aliphatic heterocycles. The number of esters is 1. The fourth-order valence-electron chi connectivity index (χ4n) is 3.79. The Hall–Kier alpha value is -2.90. The van der Waals surface area contributed by atoms with Crippen LogP contribution in [0.3, 0.4) is 0 Å². The van der Waals surface area contributed by atoms with E-state index >= 15 is 0 Å². The summed E-state index contributed by atoms with van der Waals surface area (Å²) in [4.78, 5) is 49.9. The number of nitrogens with zero attached hydrogens (tertiary/aromatic N) is 1. The molecule has 0 unspecified atom stereocenters. The summed E-state index contributed by atoms with van der Waals surface area (Å²) in [6.07, 6.45) is 3.63. The SMILES string of the molecule is CC(C)OC(=O)c1ccc(NC(=O)CCCN2C(=O)NC3(CCCC3)C2=O)cc1. The van der Waals surface area contributed by atoms with Gasteiger partial charge < -0.3 is 15.4 Å².